The number of carbonyl (C=O) groups excluding carboxylic acids is 1. The van der Waals surface area contributed by atoms with Crippen LogP contribution in [0.5, 0.6) is 0 Å². The lowest BCUT2D eigenvalue weighted by Crippen LogP contribution is -2.24. The molecule has 3 aromatic carbocycles. The third-order valence-corrected chi connectivity index (χ3v) is 6.36. The maximum Gasteiger partial charge on any atom is 0.261 e. The van der Waals surface area contributed by atoms with Gasteiger partial charge in [-0.15, -0.1) is 0 Å². The normalized spacial score (nSPS) is 11.5. The summed E-state index contributed by atoms with van der Waals surface area (Å²) < 4.78 is 27.6. The summed E-state index contributed by atoms with van der Waals surface area (Å²) in [4.78, 5) is 14.0. The van der Waals surface area contributed by atoms with Gasteiger partial charge in [0.2, 0.25) is 5.91 Å². The maximum atomic E-state index is 12.6. The van der Waals surface area contributed by atoms with Crippen LogP contribution in [0.3, 0.4) is 0 Å². The van der Waals surface area contributed by atoms with Gasteiger partial charge in [0, 0.05) is 24.7 Å². The number of nitrogens with zero attached hydrogens (tertiary/aromatic N) is 1. The van der Waals surface area contributed by atoms with Crippen LogP contribution in [0, 0.1) is 0 Å². The van der Waals surface area contributed by atoms with Crippen molar-refractivity contribution in [2.75, 3.05) is 11.8 Å². The minimum Gasteiger partial charge on any atom is -0.338 e. The van der Waals surface area contributed by atoms with Crippen LogP contribution in [0.15, 0.2) is 83.8 Å². The second-order valence-corrected chi connectivity index (χ2v) is 9.34. The van der Waals surface area contributed by atoms with Gasteiger partial charge in [-0.3, -0.25) is 9.52 Å². The Hall–Kier alpha value is -2.80. The lowest BCUT2D eigenvalue weighted by atomic mass is 10.2. The van der Waals surface area contributed by atoms with E-state index in [9.17, 15) is 13.2 Å². The van der Waals surface area contributed by atoms with Crippen molar-refractivity contribution in [1.82, 2.24) is 4.90 Å². The van der Waals surface area contributed by atoms with Crippen molar-refractivity contribution in [3.63, 3.8) is 0 Å². The van der Waals surface area contributed by atoms with Gasteiger partial charge in [-0.05, 0) is 53.6 Å². The fourth-order valence-corrected chi connectivity index (χ4v) is 4.32. The number of sulfonamides is 1. The van der Waals surface area contributed by atoms with Crippen LogP contribution in [-0.2, 0) is 21.4 Å². The molecule has 8 heteroatoms. The van der Waals surface area contributed by atoms with Crippen LogP contribution in [0.25, 0.3) is 6.08 Å². The average Bonchev–Trinajstić information content (AvgIpc) is 2.74. The number of para-hydroxylation sites is 1. The van der Waals surface area contributed by atoms with Gasteiger partial charge in [-0.2, -0.15) is 0 Å². The Bertz CT molecular complexity index is 1210. The van der Waals surface area contributed by atoms with E-state index in [0.29, 0.717) is 27.8 Å². The van der Waals surface area contributed by atoms with E-state index in [-0.39, 0.29) is 10.8 Å². The number of carbonyl (C=O) groups is 1. The number of halogens is 2. The number of anilines is 1. The van der Waals surface area contributed by atoms with E-state index in [1.54, 1.807) is 60.5 Å². The minimum atomic E-state index is -3.78. The SMILES string of the molecule is CN(Cc1cccc(Cl)c1)C(=O)/C=C/c1ccc(S(=O)(=O)Nc2ccccc2Cl)cc1. The lowest BCUT2D eigenvalue weighted by molar-refractivity contribution is -0.125. The van der Waals surface area contributed by atoms with Crippen LogP contribution < -0.4 is 4.72 Å². The van der Waals surface area contributed by atoms with E-state index in [2.05, 4.69) is 4.72 Å². The molecule has 0 bridgehead atoms. The third-order valence-electron chi connectivity index (χ3n) is 4.41. The maximum absolute atomic E-state index is 12.6. The molecule has 31 heavy (non-hydrogen) atoms. The first-order valence-electron chi connectivity index (χ1n) is 9.30. The number of rotatable bonds is 7. The molecule has 3 rings (SSSR count). The van der Waals surface area contributed by atoms with Gasteiger partial charge in [-0.25, -0.2) is 8.42 Å². The summed E-state index contributed by atoms with van der Waals surface area (Å²) in [6, 6.07) is 20.1. The van der Waals surface area contributed by atoms with E-state index in [1.807, 2.05) is 18.2 Å². The van der Waals surface area contributed by atoms with Gasteiger partial charge in [0.15, 0.2) is 0 Å². The zero-order valence-electron chi connectivity index (χ0n) is 16.6. The summed E-state index contributed by atoms with van der Waals surface area (Å²) >= 11 is 12.0. The first-order chi connectivity index (χ1) is 14.7. The Balaban J connectivity index is 1.65. The van der Waals surface area contributed by atoms with Crippen molar-refractivity contribution in [2.24, 2.45) is 0 Å². The summed E-state index contributed by atoms with van der Waals surface area (Å²) in [5, 5.41) is 0.930. The number of likely N-dealkylation sites (N-methyl/N-ethyl adjacent to an activating group) is 1. The van der Waals surface area contributed by atoms with Crippen molar-refractivity contribution >= 4 is 50.9 Å². The quantitative estimate of drug-likeness (QED) is 0.461. The fraction of sp³-hybridized carbons (Fsp3) is 0.0870. The predicted octanol–water partition coefficient (Wildman–Crippen LogP) is 5.47. The highest BCUT2D eigenvalue weighted by Gasteiger charge is 2.15. The zero-order valence-corrected chi connectivity index (χ0v) is 19.0. The molecular formula is C23H20Cl2N2O3S. The Labute approximate surface area is 192 Å². The molecule has 0 aliphatic rings. The van der Waals surface area contributed by atoms with Gasteiger partial charge in [0.25, 0.3) is 10.0 Å². The van der Waals surface area contributed by atoms with Gasteiger partial charge >= 0.3 is 0 Å². The standard InChI is InChI=1S/C23H20Cl2N2O3S/c1-27(16-18-5-4-6-19(24)15-18)23(28)14-11-17-9-12-20(13-10-17)31(29,30)26-22-8-3-2-7-21(22)25/h2-15,26H,16H2,1H3/b14-11+. The number of hydrogen-bond donors (Lipinski definition) is 1. The molecular weight excluding hydrogens is 455 g/mol. The Morgan fingerprint density at radius 2 is 1.71 bits per heavy atom. The number of nitrogens with one attached hydrogen (secondary N) is 1. The van der Waals surface area contributed by atoms with E-state index < -0.39 is 10.0 Å². The molecule has 0 radical (unpaired) electrons. The smallest absolute Gasteiger partial charge is 0.261 e. The average molecular weight is 475 g/mol. The molecule has 1 amide bonds. The van der Waals surface area contributed by atoms with Crippen LogP contribution >= 0.6 is 23.2 Å². The minimum absolute atomic E-state index is 0.0916. The largest absolute Gasteiger partial charge is 0.338 e. The lowest BCUT2D eigenvalue weighted by Gasteiger charge is -2.15. The first kappa shape index (κ1) is 22.9. The third kappa shape index (κ3) is 6.34. The topological polar surface area (TPSA) is 66.5 Å². The van der Waals surface area contributed by atoms with Crippen LogP contribution in [-0.4, -0.2) is 26.3 Å². The Morgan fingerprint density at radius 1 is 1.00 bits per heavy atom. The van der Waals surface area contributed by atoms with Gasteiger partial charge < -0.3 is 4.90 Å². The number of amides is 1. The summed E-state index contributed by atoms with van der Waals surface area (Å²) in [5.74, 6) is -0.183. The summed E-state index contributed by atoms with van der Waals surface area (Å²) in [5.41, 5.74) is 1.93. The van der Waals surface area contributed by atoms with Crippen molar-refractivity contribution in [3.8, 4) is 0 Å². The monoisotopic (exact) mass is 474 g/mol. The van der Waals surface area contributed by atoms with Crippen LogP contribution in [0.4, 0.5) is 5.69 Å². The molecule has 0 aromatic heterocycles. The molecule has 0 aliphatic heterocycles. The van der Waals surface area contributed by atoms with E-state index in [0.717, 1.165) is 5.56 Å². The summed E-state index contributed by atoms with van der Waals surface area (Å²) in [6.45, 7) is 0.425. The zero-order chi connectivity index (χ0) is 22.4. The highest BCUT2D eigenvalue weighted by Crippen LogP contribution is 2.24. The highest BCUT2D eigenvalue weighted by molar-refractivity contribution is 7.92. The van der Waals surface area contributed by atoms with E-state index in [4.69, 9.17) is 23.2 Å². The molecule has 160 valence electrons. The summed E-state index contributed by atoms with van der Waals surface area (Å²) in [6.07, 6.45) is 3.07. The van der Waals surface area contributed by atoms with Crippen LogP contribution in [0.2, 0.25) is 10.0 Å². The molecule has 0 saturated heterocycles. The van der Waals surface area contributed by atoms with Crippen molar-refractivity contribution in [1.29, 1.82) is 0 Å². The molecule has 0 heterocycles. The van der Waals surface area contributed by atoms with E-state index >= 15 is 0 Å². The molecule has 5 nitrogen and oxygen atoms in total. The molecule has 0 aliphatic carbocycles. The molecule has 0 atom stereocenters. The van der Waals surface area contributed by atoms with Gasteiger partial charge in [0.1, 0.15) is 0 Å². The molecule has 0 fully saturated rings. The number of hydrogen-bond acceptors (Lipinski definition) is 3. The highest BCUT2D eigenvalue weighted by atomic mass is 35.5. The van der Waals surface area contributed by atoms with Crippen molar-refractivity contribution < 1.29 is 13.2 Å². The molecule has 0 spiro atoms. The molecule has 0 saturated carbocycles. The predicted molar refractivity (Wildman–Crippen MR) is 126 cm³/mol. The number of benzene rings is 3. The fourth-order valence-electron chi connectivity index (χ4n) is 2.79. The molecule has 0 unspecified atom stereocenters. The van der Waals surface area contributed by atoms with Gasteiger partial charge in [-0.1, -0.05) is 59.6 Å². The van der Waals surface area contributed by atoms with E-state index in [1.165, 1.54) is 18.2 Å². The van der Waals surface area contributed by atoms with Gasteiger partial charge in [0.05, 0.1) is 15.6 Å². The Kier molecular flexibility index (Phi) is 7.38. The summed E-state index contributed by atoms with van der Waals surface area (Å²) in [7, 11) is -2.08. The first-order valence-corrected chi connectivity index (χ1v) is 11.5. The second kappa shape index (κ2) is 10.0. The van der Waals surface area contributed by atoms with Crippen molar-refractivity contribution in [2.45, 2.75) is 11.4 Å². The molecule has 3 aromatic rings. The second-order valence-electron chi connectivity index (χ2n) is 6.81. The van der Waals surface area contributed by atoms with Crippen LogP contribution in [0.1, 0.15) is 11.1 Å². The van der Waals surface area contributed by atoms with Crippen molar-refractivity contribution in [3.05, 3.63) is 100 Å². The Morgan fingerprint density at radius 3 is 2.39 bits per heavy atom. The molecule has 1 N–H and O–H groups in total.